The Morgan fingerprint density at radius 2 is 2.06 bits per heavy atom. The van der Waals surface area contributed by atoms with Crippen LogP contribution in [0.4, 0.5) is 0 Å². The summed E-state index contributed by atoms with van der Waals surface area (Å²) in [6.07, 6.45) is 1.05. The van der Waals surface area contributed by atoms with Gasteiger partial charge in [0.05, 0.1) is 6.04 Å². The molecule has 1 aromatic heterocycles. The molecule has 0 saturated carbocycles. The first-order valence-electron chi connectivity index (χ1n) is 5.72. The van der Waals surface area contributed by atoms with Crippen molar-refractivity contribution in [2.24, 2.45) is 5.73 Å². The lowest BCUT2D eigenvalue weighted by molar-refractivity contribution is 0.892. The molecule has 17 heavy (non-hydrogen) atoms. The molecule has 1 aromatic carbocycles. The van der Waals surface area contributed by atoms with Gasteiger partial charge in [-0.3, -0.25) is 0 Å². The molecule has 0 aliphatic carbocycles. The first-order valence-corrected chi connectivity index (χ1v) is 6.92. The van der Waals surface area contributed by atoms with Crippen molar-refractivity contribution in [1.82, 2.24) is 0 Å². The van der Waals surface area contributed by atoms with Gasteiger partial charge in [0.15, 0.2) is 0 Å². The third kappa shape index (κ3) is 2.54. The zero-order valence-corrected chi connectivity index (χ0v) is 11.6. The van der Waals surface area contributed by atoms with Gasteiger partial charge in [-0.15, -0.1) is 11.3 Å². The van der Waals surface area contributed by atoms with Gasteiger partial charge in [-0.2, -0.15) is 0 Å². The van der Waals surface area contributed by atoms with Crippen LogP contribution in [-0.2, 0) is 6.42 Å². The number of benzene rings is 1. The quantitative estimate of drug-likeness (QED) is 0.879. The van der Waals surface area contributed by atoms with Gasteiger partial charge in [0.1, 0.15) is 0 Å². The van der Waals surface area contributed by atoms with Gasteiger partial charge in [-0.1, -0.05) is 36.7 Å². The minimum atomic E-state index is -0.118. The summed E-state index contributed by atoms with van der Waals surface area (Å²) < 4.78 is 0. The minimum Gasteiger partial charge on any atom is -0.320 e. The highest BCUT2D eigenvalue weighted by Gasteiger charge is 2.15. The van der Waals surface area contributed by atoms with Crippen LogP contribution in [0.5, 0.6) is 0 Å². The van der Waals surface area contributed by atoms with Crippen LogP contribution in [-0.4, -0.2) is 0 Å². The Morgan fingerprint density at radius 1 is 1.29 bits per heavy atom. The van der Waals surface area contributed by atoms with Crippen LogP contribution in [0.3, 0.4) is 0 Å². The smallest absolute Gasteiger partial charge is 0.0660 e. The van der Waals surface area contributed by atoms with Crippen molar-refractivity contribution < 1.29 is 0 Å². The van der Waals surface area contributed by atoms with E-state index in [-0.39, 0.29) is 6.04 Å². The molecule has 3 heteroatoms. The van der Waals surface area contributed by atoms with E-state index >= 15 is 0 Å². The van der Waals surface area contributed by atoms with Crippen molar-refractivity contribution in [2.45, 2.75) is 26.3 Å². The Bertz CT molecular complexity index is 519. The second-order valence-corrected chi connectivity index (χ2v) is 5.69. The minimum absolute atomic E-state index is 0.118. The van der Waals surface area contributed by atoms with Crippen LogP contribution in [0.25, 0.3) is 0 Å². The van der Waals surface area contributed by atoms with Crippen LogP contribution < -0.4 is 5.73 Å². The fourth-order valence-corrected chi connectivity index (χ4v) is 3.03. The normalized spacial score (nSPS) is 12.7. The molecule has 1 nitrogen and oxygen atoms in total. The van der Waals surface area contributed by atoms with Gasteiger partial charge in [0.25, 0.3) is 0 Å². The summed E-state index contributed by atoms with van der Waals surface area (Å²) in [5, 5.41) is 0.784. The number of halogens is 1. The van der Waals surface area contributed by atoms with E-state index in [0.29, 0.717) is 0 Å². The van der Waals surface area contributed by atoms with Gasteiger partial charge in [0, 0.05) is 14.8 Å². The highest BCUT2D eigenvalue weighted by atomic mass is 35.5. The monoisotopic (exact) mass is 265 g/mol. The summed E-state index contributed by atoms with van der Waals surface area (Å²) in [4.78, 5) is 2.54. The van der Waals surface area contributed by atoms with Crippen molar-refractivity contribution in [2.75, 3.05) is 0 Å². The summed E-state index contributed by atoms with van der Waals surface area (Å²) in [7, 11) is 0. The van der Waals surface area contributed by atoms with E-state index in [9.17, 15) is 0 Å². The maximum absolute atomic E-state index is 6.30. The molecule has 2 aromatic rings. The molecule has 0 spiro atoms. The van der Waals surface area contributed by atoms with Crippen molar-refractivity contribution in [3.05, 3.63) is 56.2 Å². The molecule has 1 atom stereocenters. The number of hydrogen-bond acceptors (Lipinski definition) is 2. The van der Waals surface area contributed by atoms with Gasteiger partial charge in [0.2, 0.25) is 0 Å². The van der Waals surface area contributed by atoms with Crippen LogP contribution in [0, 0.1) is 6.92 Å². The Hall–Kier alpha value is -0.830. The Kier molecular flexibility index (Phi) is 3.87. The van der Waals surface area contributed by atoms with Crippen LogP contribution in [0.2, 0.25) is 5.02 Å². The van der Waals surface area contributed by atoms with Gasteiger partial charge < -0.3 is 5.73 Å². The Balaban J connectivity index is 2.36. The second-order valence-electron chi connectivity index (χ2n) is 4.11. The van der Waals surface area contributed by atoms with Crippen LogP contribution in [0.15, 0.2) is 30.3 Å². The molecular weight excluding hydrogens is 250 g/mol. The number of aryl methyl sites for hydroxylation is 2. The SMILES string of the molecule is CCc1ccc(C(N)c2cccc(C)c2Cl)s1. The average Bonchev–Trinajstić information content (AvgIpc) is 2.80. The predicted octanol–water partition coefficient (Wildman–Crippen LogP) is 4.32. The van der Waals surface area contributed by atoms with Crippen molar-refractivity contribution in [3.63, 3.8) is 0 Å². The molecule has 0 radical (unpaired) electrons. The molecule has 2 rings (SSSR count). The van der Waals surface area contributed by atoms with E-state index in [0.717, 1.165) is 22.6 Å². The molecular formula is C14H16ClNS. The maximum Gasteiger partial charge on any atom is 0.0660 e. The topological polar surface area (TPSA) is 26.0 Å². The molecule has 0 aliphatic rings. The lowest BCUT2D eigenvalue weighted by atomic mass is 10.0. The maximum atomic E-state index is 6.30. The van der Waals surface area contributed by atoms with Crippen molar-refractivity contribution in [3.8, 4) is 0 Å². The van der Waals surface area contributed by atoms with E-state index in [2.05, 4.69) is 19.1 Å². The summed E-state index contributed by atoms with van der Waals surface area (Å²) in [6.45, 7) is 4.16. The number of hydrogen-bond donors (Lipinski definition) is 1. The van der Waals surface area contributed by atoms with Crippen LogP contribution >= 0.6 is 22.9 Å². The first kappa shape index (κ1) is 12.6. The Labute approximate surface area is 111 Å². The Morgan fingerprint density at radius 3 is 2.71 bits per heavy atom. The second kappa shape index (κ2) is 5.21. The molecule has 90 valence electrons. The molecule has 0 saturated heterocycles. The predicted molar refractivity (Wildman–Crippen MR) is 75.9 cm³/mol. The third-order valence-corrected chi connectivity index (χ3v) is 4.72. The van der Waals surface area contributed by atoms with E-state index in [1.807, 2.05) is 25.1 Å². The van der Waals surface area contributed by atoms with Crippen molar-refractivity contribution >= 4 is 22.9 Å². The van der Waals surface area contributed by atoms with Gasteiger partial charge >= 0.3 is 0 Å². The zero-order valence-electron chi connectivity index (χ0n) is 10.0. The standard InChI is InChI=1S/C14H16ClNS/c1-3-10-7-8-12(17-10)14(16)11-6-4-5-9(2)13(11)15/h4-8,14H,3,16H2,1-2H3. The fraction of sp³-hybridized carbons (Fsp3) is 0.286. The first-order chi connectivity index (χ1) is 8.13. The molecule has 1 unspecified atom stereocenters. The lowest BCUT2D eigenvalue weighted by Crippen LogP contribution is -2.11. The molecule has 0 fully saturated rings. The summed E-state index contributed by atoms with van der Waals surface area (Å²) in [5.41, 5.74) is 8.37. The van der Waals surface area contributed by atoms with Gasteiger partial charge in [-0.25, -0.2) is 0 Å². The van der Waals surface area contributed by atoms with Gasteiger partial charge in [-0.05, 0) is 36.6 Å². The number of rotatable bonds is 3. The van der Waals surface area contributed by atoms with E-state index < -0.39 is 0 Å². The highest BCUT2D eigenvalue weighted by molar-refractivity contribution is 7.12. The zero-order chi connectivity index (χ0) is 12.4. The van der Waals surface area contributed by atoms with E-state index in [1.165, 1.54) is 9.75 Å². The highest BCUT2D eigenvalue weighted by Crippen LogP contribution is 2.32. The molecule has 0 bridgehead atoms. The molecule has 0 amide bonds. The lowest BCUT2D eigenvalue weighted by Gasteiger charge is -2.13. The molecule has 1 heterocycles. The molecule has 0 aliphatic heterocycles. The molecule has 2 N–H and O–H groups in total. The average molecular weight is 266 g/mol. The van der Waals surface area contributed by atoms with Crippen LogP contribution in [0.1, 0.15) is 33.8 Å². The summed E-state index contributed by atoms with van der Waals surface area (Å²) in [6, 6.07) is 10.1. The van der Waals surface area contributed by atoms with E-state index in [4.69, 9.17) is 17.3 Å². The summed E-state index contributed by atoms with van der Waals surface area (Å²) >= 11 is 8.07. The summed E-state index contributed by atoms with van der Waals surface area (Å²) in [5.74, 6) is 0. The number of nitrogens with two attached hydrogens (primary N) is 1. The number of thiophene rings is 1. The largest absolute Gasteiger partial charge is 0.320 e. The van der Waals surface area contributed by atoms with E-state index in [1.54, 1.807) is 11.3 Å². The third-order valence-electron chi connectivity index (χ3n) is 2.89. The van der Waals surface area contributed by atoms with Crippen molar-refractivity contribution in [1.29, 1.82) is 0 Å². The fourth-order valence-electron chi connectivity index (χ4n) is 1.82.